The van der Waals surface area contributed by atoms with Crippen LogP contribution in [-0.2, 0) is 17.8 Å². The fraction of sp³-hybridized carbons (Fsp3) is 0.125. The Morgan fingerprint density at radius 3 is 1.89 bits per heavy atom. The molecule has 178 valence electrons. The molecule has 0 fully saturated rings. The molecule has 0 amide bonds. The summed E-state index contributed by atoms with van der Waals surface area (Å²) < 4.78 is 23.5. The molecule has 6 rings (SSSR count). The molecule has 0 saturated carbocycles. The summed E-state index contributed by atoms with van der Waals surface area (Å²) in [4.78, 5) is 0. The van der Waals surface area contributed by atoms with Crippen LogP contribution in [0.4, 0.5) is 0 Å². The lowest BCUT2D eigenvalue weighted by molar-refractivity contribution is -0.157. The Labute approximate surface area is 210 Å². The highest BCUT2D eigenvalue weighted by Gasteiger charge is 2.27. The van der Waals surface area contributed by atoms with Crippen LogP contribution in [0.1, 0.15) is 16.7 Å². The van der Waals surface area contributed by atoms with E-state index >= 15 is 0 Å². The highest BCUT2D eigenvalue weighted by molar-refractivity contribution is 6.03. The van der Waals surface area contributed by atoms with Gasteiger partial charge in [-0.2, -0.15) is 0 Å². The van der Waals surface area contributed by atoms with Crippen LogP contribution in [0.25, 0.3) is 21.9 Å². The quantitative estimate of drug-likeness (QED) is 0.247. The van der Waals surface area contributed by atoms with Gasteiger partial charge in [0, 0.05) is 12.5 Å². The second-order valence-electron chi connectivity index (χ2n) is 8.82. The third-order valence-electron chi connectivity index (χ3n) is 6.42. The summed E-state index contributed by atoms with van der Waals surface area (Å²) in [5.74, 6) is 2.12. The van der Waals surface area contributed by atoms with Crippen molar-refractivity contribution in [1.29, 1.82) is 0 Å². The lowest BCUT2D eigenvalue weighted by Gasteiger charge is -2.19. The summed E-state index contributed by atoms with van der Waals surface area (Å²) in [7, 11) is 1.57. The molecule has 5 aromatic rings. The molecule has 1 aliphatic rings. The smallest absolute Gasteiger partial charge is 0.360 e. The van der Waals surface area contributed by atoms with Crippen molar-refractivity contribution in [1.82, 2.24) is 0 Å². The Morgan fingerprint density at radius 1 is 0.667 bits per heavy atom. The molecule has 0 radical (unpaired) electrons. The largest absolute Gasteiger partial charge is 0.488 e. The lowest BCUT2D eigenvalue weighted by atomic mass is 9.89. The number of benzene rings is 5. The van der Waals surface area contributed by atoms with Crippen molar-refractivity contribution < 1.29 is 18.9 Å². The van der Waals surface area contributed by atoms with Gasteiger partial charge in [0.1, 0.15) is 12.4 Å². The molecular formula is C32H26O4. The van der Waals surface area contributed by atoms with Gasteiger partial charge in [-0.15, -0.1) is 0 Å². The van der Waals surface area contributed by atoms with Crippen LogP contribution in [0.15, 0.2) is 109 Å². The maximum atomic E-state index is 6.46. The first kappa shape index (κ1) is 22.2. The zero-order chi connectivity index (χ0) is 24.3. The monoisotopic (exact) mass is 474 g/mol. The van der Waals surface area contributed by atoms with Crippen LogP contribution in [-0.4, -0.2) is 13.6 Å². The third-order valence-corrected chi connectivity index (χ3v) is 6.42. The van der Waals surface area contributed by atoms with Crippen LogP contribution in [0.3, 0.4) is 0 Å². The molecule has 1 atom stereocenters. The van der Waals surface area contributed by atoms with Crippen molar-refractivity contribution in [2.24, 2.45) is 0 Å². The van der Waals surface area contributed by atoms with Crippen molar-refractivity contribution in [3.63, 3.8) is 0 Å². The van der Waals surface area contributed by atoms with Gasteiger partial charge in [-0.1, -0.05) is 91.0 Å². The van der Waals surface area contributed by atoms with E-state index in [2.05, 4.69) is 72.8 Å². The Hall–Kier alpha value is -4.28. The summed E-state index contributed by atoms with van der Waals surface area (Å²) in [6, 6.07) is 37.4. The molecule has 0 bridgehead atoms. The average molecular weight is 475 g/mol. The van der Waals surface area contributed by atoms with Gasteiger partial charge in [0.15, 0.2) is 11.5 Å². The Morgan fingerprint density at radius 2 is 1.25 bits per heavy atom. The molecule has 1 heterocycles. The molecule has 0 spiro atoms. The SMILES string of the molecule is COC1Oc2cc3c(OCc4ccccc4)cc(Cc4ccccc4)c(-c4ccccc4)c3cc2O1. The Bertz CT molecular complexity index is 1480. The van der Waals surface area contributed by atoms with Crippen molar-refractivity contribution in [3.05, 3.63) is 126 Å². The molecule has 0 aliphatic carbocycles. The predicted molar refractivity (Wildman–Crippen MR) is 141 cm³/mol. The van der Waals surface area contributed by atoms with Gasteiger partial charge in [-0.05, 0) is 57.8 Å². The first-order chi connectivity index (χ1) is 17.8. The van der Waals surface area contributed by atoms with E-state index in [0.717, 1.165) is 39.6 Å². The average Bonchev–Trinajstić information content (AvgIpc) is 3.34. The normalized spacial score (nSPS) is 14.2. The zero-order valence-electron chi connectivity index (χ0n) is 20.0. The summed E-state index contributed by atoms with van der Waals surface area (Å²) >= 11 is 0. The van der Waals surface area contributed by atoms with Gasteiger partial charge >= 0.3 is 6.48 Å². The molecule has 0 N–H and O–H groups in total. The molecule has 5 aromatic carbocycles. The number of hydrogen-bond acceptors (Lipinski definition) is 4. The number of fused-ring (bicyclic) bond motifs is 2. The fourth-order valence-corrected chi connectivity index (χ4v) is 4.72. The van der Waals surface area contributed by atoms with E-state index in [4.69, 9.17) is 18.9 Å². The minimum absolute atomic E-state index is 0.473. The first-order valence-electron chi connectivity index (χ1n) is 12.0. The molecular weight excluding hydrogens is 448 g/mol. The number of rotatable bonds is 7. The van der Waals surface area contributed by atoms with E-state index in [0.29, 0.717) is 18.1 Å². The van der Waals surface area contributed by atoms with Crippen molar-refractivity contribution >= 4 is 10.8 Å². The minimum Gasteiger partial charge on any atom is -0.488 e. The second kappa shape index (κ2) is 9.76. The maximum Gasteiger partial charge on any atom is 0.360 e. The summed E-state index contributed by atoms with van der Waals surface area (Å²) in [6.07, 6.45) is 0.776. The number of hydrogen-bond donors (Lipinski definition) is 0. The third kappa shape index (κ3) is 4.39. The van der Waals surface area contributed by atoms with Crippen LogP contribution >= 0.6 is 0 Å². The van der Waals surface area contributed by atoms with Gasteiger partial charge in [-0.25, -0.2) is 0 Å². The van der Waals surface area contributed by atoms with E-state index in [1.165, 1.54) is 11.1 Å². The topological polar surface area (TPSA) is 36.9 Å². The van der Waals surface area contributed by atoms with E-state index < -0.39 is 6.48 Å². The van der Waals surface area contributed by atoms with E-state index in [-0.39, 0.29) is 0 Å². The number of methoxy groups -OCH3 is 1. The molecule has 1 unspecified atom stereocenters. The van der Waals surface area contributed by atoms with Gasteiger partial charge in [-0.3, -0.25) is 0 Å². The van der Waals surface area contributed by atoms with Crippen LogP contribution in [0.2, 0.25) is 0 Å². The van der Waals surface area contributed by atoms with Gasteiger partial charge in [0.05, 0.1) is 0 Å². The van der Waals surface area contributed by atoms with Crippen LogP contribution < -0.4 is 14.2 Å². The molecule has 0 aromatic heterocycles. The highest BCUT2D eigenvalue weighted by atomic mass is 16.9. The molecule has 4 heteroatoms. The molecule has 0 saturated heterocycles. The van der Waals surface area contributed by atoms with Crippen molar-refractivity contribution in [2.75, 3.05) is 7.11 Å². The summed E-state index contributed by atoms with van der Waals surface area (Å²) in [5.41, 5.74) is 5.84. The number of ether oxygens (including phenoxy) is 4. The van der Waals surface area contributed by atoms with Gasteiger partial charge in [0.2, 0.25) is 0 Å². The predicted octanol–water partition coefficient (Wildman–Crippen LogP) is 7.38. The van der Waals surface area contributed by atoms with Crippen molar-refractivity contribution in [3.8, 4) is 28.4 Å². The van der Waals surface area contributed by atoms with Crippen LogP contribution in [0, 0.1) is 0 Å². The lowest BCUT2D eigenvalue weighted by Crippen LogP contribution is -2.19. The van der Waals surface area contributed by atoms with Crippen LogP contribution in [0.5, 0.6) is 17.2 Å². The maximum absolute atomic E-state index is 6.46. The highest BCUT2D eigenvalue weighted by Crippen LogP contribution is 2.46. The second-order valence-corrected chi connectivity index (χ2v) is 8.82. The van der Waals surface area contributed by atoms with Gasteiger partial charge < -0.3 is 18.9 Å². The molecule has 1 aliphatic heterocycles. The Kier molecular flexibility index (Phi) is 6.02. The van der Waals surface area contributed by atoms with Gasteiger partial charge in [0.25, 0.3) is 0 Å². The standard InChI is InChI=1S/C32H26O4/c1-33-32-35-29-19-26-27(20-30(29)36-32)31(24-15-9-4-10-16-24)25(17-22-11-5-2-6-12-22)18-28(26)34-21-23-13-7-3-8-14-23/h2-16,18-20,32H,17,21H2,1H3. The summed E-state index contributed by atoms with van der Waals surface area (Å²) in [5, 5.41) is 2.03. The summed E-state index contributed by atoms with van der Waals surface area (Å²) in [6.45, 7) is -0.282. The molecule has 4 nitrogen and oxygen atoms in total. The minimum atomic E-state index is -0.755. The van der Waals surface area contributed by atoms with E-state index in [9.17, 15) is 0 Å². The zero-order valence-corrected chi connectivity index (χ0v) is 20.0. The first-order valence-corrected chi connectivity index (χ1v) is 12.0. The van der Waals surface area contributed by atoms with E-state index in [1.807, 2.05) is 36.4 Å². The Balaban J connectivity index is 1.55. The van der Waals surface area contributed by atoms with E-state index in [1.54, 1.807) is 7.11 Å². The van der Waals surface area contributed by atoms with Crippen molar-refractivity contribution in [2.45, 2.75) is 19.5 Å². The molecule has 36 heavy (non-hydrogen) atoms. The fourth-order valence-electron chi connectivity index (χ4n) is 4.72.